The molecule has 0 aliphatic heterocycles. The number of nitrogens with zero attached hydrogens (tertiary/aromatic N) is 3. The summed E-state index contributed by atoms with van der Waals surface area (Å²) < 4.78 is 4.39. The van der Waals surface area contributed by atoms with Crippen molar-refractivity contribution in [3.05, 3.63) is 21.9 Å². The van der Waals surface area contributed by atoms with Crippen LogP contribution in [-0.2, 0) is 18.3 Å². The van der Waals surface area contributed by atoms with Gasteiger partial charge in [0.15, 0.2) is 0 Å². The topological polar surface area (TPSA) is 50.7 Å². The summed E-state index contributed by atoms with van der Waals surface area (Å²) in [7, 11) is 0. The van der Waals surface area contributed by atoms with Crippen LogP contribution in [-0.4, -0.2) is 20.9 Å². The van der Waals surface area contributed by atoms with E-state index in [9.17, 15) is 0 Å². The van der Waals surface area contributed by atoms with Gasteiger partial charge in [0, 0.05) is 41.0 Å². The van der Waals surface area contributed by atoms with Crippen molar-refractivity contribution in [1.82, 2.24) is 14.3 Å². The van der Waals surface area contributed by atoms with Gasteiger partial charge in [0.2, 0.25) is 5.13 Å². The summed E-state index contributed by atoms with van der Waals surface area (Å²) in [5.41, 5.74) is 0.0156. The third-order valence-corrected chi connectivity index (χ3v) is 4.54. The Morgan fingerprint density at radius 2 is 2.11 bits per heavy atom. The van der Waals surface area contributed by atoms with Crippen LogP contribution >= 0.6 is 22.9 Å². The van der Waals surface area contributed by atoms with Gasteiger partial charge in [-0.05, 0) is 6.42 Å². The van der Waals surface area contributed by atoms with Crippen LogP contribution in [0.1, 0.15) is 43.4 Å². The normalized spacial score (nSPS) is 11.8. The van der Waals surface area contributed by atoms with Crippen LogP contribution in [0.15, 0.2) is 6.20 Å². The van der Waals surface area contributed by atoms with Gasteiger partial charge < -0.3 is 5.32 Å². The molecular formula is C13H20N4S2. The lowest BCUT2D eigenvalue weighted by Gasteiger charge is -2.12. The Kier molecular flexibility index (Phi) is 4.52. The third-order valence-electron chi connectivity index (χ3n) is 2.66. The Balaban J connectivity index is 1.84. The predicted molar refractivity (Wildman–Crippen MR) is 82.3 cm³/mol. The molecule has 0 saturated carbocycles. The Hall–Kier alpha value is -1.01. The molecule has 2 rings (SSSR count). The lowest BCUT2D eigenvalue weighted by Crippen LogP contribution is -2.13. The van der Waals surface area contributed by atoms with Crippen molar-refractivity contribution in [1.29, 1.82) is 0 Å². The molecule has 0 spiro atoms. The van der Waals surface area contributed by atoms with Crippen LogP contribution in [0.4, 0.5) is 5.13 Å². The molecule has 0 bridgehead atoms. The summed E-state index contributed by atoms with van der Waals surface area (Å²) in [6.45, 7) is 9.39. The zero-order valence-electron chi connectivity index (χ0n) is 11.9. The van der Waals surface area contributed by atoms with Gasteiger partial charge in [-0.3, -0.25) is 0 Å². The fraction of sp³-hybridized carbons (Fsp3) is 0.615. The zero-order valence-corrected chi connectivity index (χ0v) is 13.5. The number of thiazole rings is 1. The fourth-order valence-corrected chi connectivity index (χ4v) is 3.15. The first-order chi connectivity index (χ1) is 8.99. The lowest BCUT2D eigenvalue weighted by molar-refractivity contribution is 0.555. The van der Waals surface area contributed by atoms with E-state index < -0.39 is 0 Å². The van der Waals surface area contributed by atoms with Gasteiger partial charge in [-0.25, -0.2) is 9.97 Å². The highest BCUT2D eigenvalue weighted by Gasteiger charge is 2.19. The van der Waals surface area contributed by atoms with Gasteiger partial charge in [-0.15, -0.1) is 11.3 Å². The minimum absolute atomic E-state index is 0.0156. The monoisotopic (exact) mass is 296 g/mol. The third kappa shape index (κ3) is 3.98. The van der Waals surface area contributed by atoms with E-state index in [0.717, 1.165) is 30.3 Å². The molecule has 0 unspecified atom stereocenters. The molecule has 0 radical (unpaired) electrons. The molecule has 2 heterocycles. The van der Waals surface area contributed by atoms with E-state index >= 15 is 0 Å². The lowest BCUT2D eigenvalue weighted by atomic mass is 9.96. The highest BCUT2D eigenvalue weighted by Crippen LogP contribution is 2.23. The largest absolute Gasteiger partial charge is 0.360 e. The maximum absolute atomic E-state index is 4.51. The van der Waals surface area contributed by atoms with E-state index in [2.05, 4.69) is 47.4 Å². The average Bonchev–Trinajstić information content (AvgIpc) is 2.96. The summed E-state index contributed by atoms with van der Waals surface area (Å²) in [5.74, 6) is 0.905. The Bertz CT molecular complexity index is 525. The second kappa shape index (κ2) is 5.96. The molecule has 2 aromatic heterocycles. The van der Waals surface area contributed by atoms with Crippen LogP contribution in [0.5, 0.6) is 0 Å². The molecule has 0 aromatic carbocycles. The highest BCUT2D eigenvalue weighted by molar-refractivity contribution is 7.11. The SMILES string of the molecule is CCc1cnc(CCNc2nc(C(C)(C)C)ns2)s1. The first-order valence-electron chi connectivity index (χ1n) is 6.50. The highest BCUT2D eigenvalue weighted by atomic mass is 32.1. The van der Waals surface area contributed by atoms with E-state index in [1.165, 1.54) is 21.4 Å². The summed E-state index contributed by atoms with van der Waals surface area (Å²) in [5, 5.41) is 5.41. The number of hydrogen-bond donors (Lipinski definition) is 1. The summed E-state index contributed by atoms with van der Waals surface area (Å²) in [6, 6.07) is 0. The first-order valence-corrected chi connectivity index (χ1v) is 8.09. The van der Waals surface area contributed by atoms with Gasteiger partial charge in [-0.2, -0.15) is 4.37 Å². The summed E-state index contributed by atoms with van der Waals surface area (Å²) >= 11 is 3.23. The van der Waals surface area contributed by atoms with Gasteiger partial charge in [-0.1, -0.05) is 27.7 Å². The second-order valence-electron chi connectivity index (χ2n) is 5.42. The number of rotatable bonds is 5. The van der Waals surface area contributed by atoms with Crippen LogP contribution in [0.25, 0.3) is 0 Å². The minimum atomic E-state index is 0.0156. The van der Waals surface area contributed by atoms with E-state index in [1.54, 1.807) is 11.3 Å². The molecule has 19 heavy (non-hydrogen) atoms. The first kappa shape index (κ1) is 14.4. The van der Waals surface area contributed by atoms with Gasteiger partial charge >= 0.3 is 0 Å². The van der Waals surface area contributed by atoms with Crippen LogP contribution in [0.3, 0.4) is 0 Å². The Morgan fingerprint density at radius 3 is 2.68 bits per heavy atom. The predicted octanol–water partition coefficient (Wildman–Crippen LogP) is 3.51. The molecule has 4 nitrogen and oxygen atoms in total. The maximum atomic E-state index is 4.51. The summed E-state index contributed by atoms with van der Waals surface area (Å²) in [4.78, 5) is 10.3. The van der Waals surface area contributed by atoms with E-state index in [4.69, 9.17) is 0 Å². The molecule has 0 saturated heterocycles. The molecule has 0 amide bonds. The van der Waals surface area contributed by atoms with E-state index in [0.29, 0.717) is 0 Å². The van der Waals surface area contributed by atoms with E-state index in [1.807, 2.05) is 6.20 Å². The van der Waals surface area contributed by atoms with Crippen LogP contribution < -0.4 is 5.32 Å². The minimum Gasteiger partial charge on any atom is -0.360 e. The van der Waals surface area contributed by atoms with Crippen molar-refractivity contribution in [2.45, 2.75) is 46.0 Å². The fourth-order valence-electron chi connectivity index (χ4n) is 1.50. The molecule has 0 atom stereocenters. The number of nitrogens with one attached hydrogen (secondary N) is 1. The van der Waals surface area contributed by atoms with Crippen LogP contribution in [0.2, 0.25) is 0 Å². The molecule has 0 aliphatic carbocycles. The Morgan fingerprint density at radius 1 is 1.32 bits per heavy atom. The molecule has 104 valence electrons. The number of aryl methyl sites for hydroxylation is 1. The Labute approximate surface area is 122 Å². The molecule has 6 heteroatoms. The van der Waals surface area contributed by atoms with Crippen molar-refractivity contribution in [2.24, 2.45) is 0 Å². The van der Waals surface area contributed by atoms with Crippen LogP contribution in [0, 0.1) is 0 Å². The smallest absolute Gasteiger partial charge is 0.202 e. The number of anilines is 1. The number of aromatic nitrogens is 3. The van der Waals surface area contributed by atoms with Crippen molar-refractivity contribution < 1.29 is 0 Å². The molecular weight excluding hydrogens is 276 g/mol. The standard InChI is InChI=1S/C13H20N4S2/c1-5-9-8-15-10(18-9)6-7-14-12-16-11(17-19-12)13(2,3)4/h8H,5-7H2,1-4H3,(H,14,16,17). The van der Waals surface area contributed by atoms with Gasteiger partial charge in [0.25, 0.3) is 0 Å². The second-order valence-corrected chi connectivity index (χ2v) is 7.38. The maximum Gasteiger partial charge on any atom is 0.202 e. The summed E-state index contributed by atoms with van der Waals surface area (Å²) in [6.07, 6.45) is 3.98. The molecule has 0 aliphatic rings. The van der Waals surface area contributed by atoms with Crippen molar-refractivity contribution in [3.63, 3.8) is 0 Å². The average molecular weight is 296 g/mol. The van der Waals surface area contributed by atoms with Crippen molar-refractivity contribution >= 4 is 28.0 Å². The molecule has 1 N–H and O–H groups in total. The van der Waals surface area contributed by atoms with Gasteiger partial charge in [0.1, 0.15) is 5.82 Å². The van der Waals surface area contributed by atoms with E-state index in [-0.39, 0.29) is 5.41 Å². The quantitative estimate of drug-likeness (QED) is 0.917. The van der Waals surface area contributed by atoms with Crippen molar-refractivity contribution in [3.8, 4) is 0 Å². The molecule has 2 aromatic rings. The van der Waals surface area contributed by atoms with Crippen molar-refractivity contribution in [2.75, 3.05) is 11.9 Å². The number of hydrogen-bond acceptors (Lipinski definition) is 6. The van der Waals surface area contributed by atoms with Gasteiger partial charge in [0.05, 0.1) is 5.01 Å². The zero-order chi connectivity index (χ0) is 13.9. The molecule has 0 fully saturated rings.